The Balaban J connectivity index is 0.000000164. The molecule has 3 aromatic carbocycles. The fraction of sp³-hybridized carbons (Fsp3) is 0.616. The van der Waals surface area contributed by atoms with Crippen molar-refractivity contribution >= 4 is 94.5 Å². The van der Waals surface area contributed by atoms with Crippen molar-refractivity contribution in [3.8, 4) is 0 Å². The zero-order valence-electron chi connectivity index (χ0n) is 69.0. The summed E-state index contributed by atoms with van der Waals surface area (Å²) in [7, 11) is 5.08. The molecule has 17 atom stereocenters. The molecule has 10 N–H and O–H groups in total. The third-order valence-corrected chi connectivity index (χ3v) is 25.4. The number of amides is 12. The molecule has 33 heteroatoms. The number of nitrogens with zero attached hydrogens (tertiary/aromatic N) is 5. The molecular formula is C86H117N15O18. The molecule has 14 rings (SSSR count). The van der Waals surface area contributed by atoms with Gasteiger partial charge in [-0.1, -0.05) is 74.9 Å². The first-order valence-electron chi connectivity index (χ1n) is 42.8. The van der Waals surface area contributed by atoms with E-state index < -0.39 is 72.6 Å². The number of benzene rings is 3. The number of anilines is 1. The maximum Gasteiger partial charge on any atom is 0.329 e. The number of hydrogen-bond donors (Lipinski definition) is 10. The van der Waals surface area contributed by atoms with Gasteiger partial charge in [-0.15, -0.1) is 0 Å². The van der Waals surface area contributed by atoms with Gasteiger partial charge in [-0.3, -0.25) is 62.3 Å². The molecule has 0 saturated carbocycles. The van der Waals surface area contributed by atoms with E-state index in [4.69, 9.17) is 14.2 Å². The lowest BCUT2D eigenvalue weighted by molar-refractivity contribution is -0.158. The minimum atomic E-state index is -0.796. The van der Waals surface area contributed by atoms with E-state index in [9.17, 15) is 71.9 Å². The van der Waals surface area contributed by atoms with E-state index in [1.54, 1.807) is 121 Å². The smallest absolute Gasteiger partial charge is 0.329 e. The number of likely N-dealkylation sites (N-methyl/N-ethyl adjacent to an activating group) is 3. The number of ether oxygens (including phenoxy) is 3. The molecule has 4 bridgehead atoms. The lowest BCUT2D eigenvalue weighted by Crippen LogP contribution is -2.57. The second-order valence-corrected chi connectivity index (χ2v) is 33.4. The van der Waals surface area contributed by atoms with Crippen LogP contribution in [0.15, 0.2) is 72.8 Å². The summed E-state index contributed by atoms with van der Waals surface area (Å²) in [5.41, 5.74) is 3.74. The highest BCUT2D eigenvalue weighted by atomic mass is 16.6. The molecule has 11 aliphatic rings. The first-order chi connectivity index (χ1) is 57.3. The Labute approximate surface area is 693 Å². The van der Waals surface area contributed by atoms with Crippen molar-refractivity contribution in [1.29, 1.82) is 0 Å². The first kappa shape index (κ1) is 87.9. The van der Waals surface area contributed by atoms with Crippen molar-refractivity contribution < 1.29 is 86.1 Å². The number of nitrogens with one attached hydrogen (secondary N) is 10. The van der Waals surface area contributed by atoms with Gasteiger partial charge in [0.2, 0.25) is 53.2 Å². The number of likely N-dealkylation sites (tertiary alicyclic amines) is 2. The second kappa shape index (κ2) is 40.6. The number of cyclic esters (lactones) is 1. The van der Waals surface area contributed by atoms with Crippen molar-refractivity contribution in [2.24, 2.45) is 0 Å². The van der Waals surface area contributed by atoms with Crippen molar-refractivity contribution in [2.45, 2.75) is 304 Å². The van der Waals surface area contributed by atoms with Gasteiger partial charge in [0, 0.05) is 99.8 Å². The molecule has 12 amide bonds. The molecule has 0 radical (unpaired) electrons. The van der Waals surface area contributed by atoms with Crippen LogP contribution in [0.25, 0.3) is 0 Å². The fourth-order valence-corrected chi connectivity index (χ4v) is 18.3. The van der Waals surface area contributed by atoms with Crippen molar-refractivity contribution in [3.63, 3.8) is 0 Å². The molecule has 0 aromatic heterocycles. The van der Waals surface area contributed by atoms with E-state index in [0.717, 1.165) is 93.7 Å². The molecule has 11 fully saturated rings. The molecule has 3 aromatic rings. The lowest BCUT2D eigenvalue weighted by Gasteiger charge is -2.35. The number of carbonyl (C=O) groups is 15. The van der Waals surface area contributed by atoms with Crippen LogP contribution in [0.1, 0.15) is 219 Å². The molecule has 0 aliphatic carbocycles. The summed E-state index contributed by atoms with van der Waals surface area (Å²) in [5.74, 6) is -3.86. The molecule has 0 spiro atoms. The average Bonchev–Trinajstić information content (AvgIpc) is 1.69. The Morgan fingerprint density at radius 3 is 1.13 bits per heavy atom. The molecule has 4 unspecified atom stereocenters. The van der Waals surface area contributed by atoms with Crippen LogP contribution >= 0.6 is 0 Å². The number of rotatable bonds is 22. The van der Waals surface area contributed by atoms with Crippen molar-refractivity contribution in [1.82, 2.24) is 72.4 Å². The van der Waals surface area contributed by atoms with Crippen LogP contribution in [-0.4, -0.2) is 250 Å². The SMILES string of the molecule is CN[C@@H](C)C(=O)N[C@H]1CCCC[C@H]2CC[C@@H](C(=O)NCc3cccc(C(=O)N4CCC5CC4C(=O)O5)c3)N2C1=O.CN[C@@H](C)C(=O)N[C@H]1CCCC[C@H]2CC[C@@H](C(=O)NCc3cccc(C(=O)N4CCC5C[C@H]4C(=O)O5)c3)N2C1=O.CN[C@@H](C)C(=O)N[C@H]1CCCC[C@H]2CC[C@@H](C(=O)NCc3cccc(NC(=O)C4CCCC(=O)O4)c3)N2C1=O. The van der Waals surface area contributed by atoms with Gasteiger partial charge in [-0.05, 0) is 185 Å². The van der Waals surface area contributed by atoms with Gasteiger partial charge in [0.05, 0.1) is 18.1 Å². The summed E-state index contributed by atoms with van der Waals surface area (Å²) < 4.78 is 15.8. The number of carbonyl (C=O) groups excluding carboxylic acids is 15. The minimum Gasteiger partial charge on any atom is -0.461 e. The first-order valence-corrected chi connectivity index (χ1v) is 42.8. The quantitative estimate of drug-likeness (QED) is 0.0510. The predicted molar refractivity (Wildman–Crippen MR) is 433 cm³/mol. The van der Waals surface area contributed by atoms with Crippen LogP contribution in [0.2, 0.25) is 0 Å². The van der Waals surface area contributed by atoms with E-state index in [2.05, 4.69) is 53.2 Å². The minimum absolute atomic E-state index is 0.0119. The molecule has 644 valence electrons. The maximum atomic E-state index is 13.6. The average molecular weight is 1650 g/mol. The Bertz CT molecular complexity index is 4100. The Morgan fingerprint density at radius 1 is 0.403 bits per heavy atom. The number of fused-ring (bicyclic) bond motifs is 7. The van der Waals surface area contributed by atoms with Crippen LogP contribution in [0.4, 0.5) is 5.69 Å². The van der Waals surface area contributed by atoms with Gasteiger partial charge in [0.25, 0.3) is 17.7 Å². The van der Waals surface area contributed by atoms with E-state index in [-0.39, 0.29) is 139 Å². The topological polar surface area (TPSA) is 420 Å². The summed E-state index contributed by atoms with van der Waals surface area (Å²) in [6, 6.07) is 15.1. The van der Waals surface area contributed by atoms with E-state index in [1.165, 1.54) is 0 Å². The largest absolute Gasteiger partial charge is 0.461 e. The summed E-state index contributed by atoms with van der Waals surface area (Å²) >= 11 is 0. The van der Waals surface area contributed by atoms with Gasteiger partial charge in [-0.2, -0.15) is 0 Å². The van der Waals surface area contributed by atoms with E-state index >= 15 is 0 Å². The van der Waals surface area contributed by atoms with Gasteiger partial charge in [0.1, 0.15) is 60.5 Å². The zero-order valence-corrected chi connectivity index (χ0v) is 69.0. The van der Waals surface area contributed by atoms with Crippen LogP contribution in [-0.2, 0) is 96.2 Å². The second-order valence-electron chi connectivity index (χ2n) is 33.4. The van der Waals surface area contributed by atoms with Gasteiger partial charge >= 0.3 is 17.9 Å². The molecule has 11 heterocycles. The summed E-state index contributed by atoms with van der Waals surface area (Å²) in [5, 5.41) is 29.0. The van der Waals surface area contributed by atoms with Crippen LogP contribution in [0.5, 0.6) is 0 Å². The third-order valence-electron chi connectivity index (χ3n) is 25.4. The van der Waals surface area contributed by atoms with Gasteiger partial charge in [-0.25, -0.2) is 9.59 Å². The van der Waals surface area contributed by atoms with Crippen LogP contribution in [0.3, 0.4) is 0 Å². The highest BCUT2D eigenvalue weighted by molar-refractivity contribution is 6.01. The summed E-state index contributed by atoms with van der Waals surface area (Å²) in [4.78, 5) is 201. The van der Waals surface area contributed by atoms with Crippen LogP contribution < -0.4 is 53.2 Å². The third kappa shape index (κ3) is 21.4. The Kier molecular flexibility index (Phi) is 30.0. The number of hydrogen-bond acceptors (Lipinski definition) is 21. The highest BCUT2D eigenvalue weighted by Gasteiger charge is 2.50. The molecule has 119 heavy (non-hydrogen) atoms. The molecule has 33 nitrogen and oxygen atoms in total. The van der Waals surface area contributed by atoms with Crippen molar-refractivity contribution in [3.05, 3.63) is 101 Å². The standard InChI is InChI=1S/2C29H39N5O6.C28H39N5O6/c2*1-17(30-2)25(35)32-22-9-4-3-8-20-10-11-23(34(20)28(22)38)26(36)31-16-18-6-5-7-19(14-18)27(37)33-13-12-21-15-24(33)29(39)40-21;1-17(29-2)25(35)32-21-10-4-3-9-20-13-14-22(33(20)28(21)38)26(36)30-16-18-7-5-8-19(15-18)31-27(37)23-11-6-12-24(34)39-23/h2*5-7,14,17,20-24,30H,3-4,8-13,15-16H2,1-2H3,(H,31,36)(H,32,35);5,7-8,15,17,20-23,29H,3-4,6,9-14,16H2,1-2H3,(H,30,36)(H,31,37)(H,32,35)/t17-,20-,21?,22-,23-,24?;17-,20-,21?,22-,23-,24-;17-,20-,21-,22-,23?/m000/s1. The normalized spacial score (nSPS) is 27.8. The monoisotopic (exact) mass is 1650 g/mol. The lowest BCUT2D eigenvalue weighted by atomic mass is 9.98. The van der Waals surface area contributed by atoms with Crippen LogP contribution in [0, 0.1) is 0 Å². The molecule has 11 aliphatic heterocycles. The zero-order chi connectivity index (χ0) is 84.7. The highest BCUT2D eigenvalue weighted by Crippen LogP contribution is 2.37. The summed E-state index contributed by atoms with van der Waals surface area (Å²) in [6.45, 7) is 6.81. The molecular weight excluding hydrogens is 1530 g/mol. The Morgan fingerprint density at radius 2 is 0.765 bits per heavy atom. The number of piperidine rings is 2. The van der Waals surface area contributed by atoms with Gasteiger partial charge < -0.3 is 91.9 Å². The van der Waals surface area contributed by atoms with E-state index in [1.807, 2.05) is 18.2 Å². The van der Waals surface area contributed by atoms with Crippen molar-refractivity contribution in [2.75, 3.05) is 39.5 Å². The summed E-state index contributed by atoms with van der Waals surface area (Å²) in [6.07, 6.45) is 16.3. The Hall–Kier alpha value is -10.4. The predicted octanol–water partition coefficient (Wildman–Crippen LogP) is 3.08. The van der Waals surface area contributed by atoms with Gasteiger partial charge in [0.15, 0.2) is 6.10 Å². The van der Waals surface area contributed by atoms with E-state index in [0.29, 0.717) is 113 Å². The fourth-order valence-electron chi connectivity index (χ4n) is 18.3. The molecule has 11 saturated heterocycles. The maximum absolute atomic E-state index is 13.6. The number of esters is 3.